The van der Waals surface area contributed by atoms with Crippen LogP contribution >= 0.6 is 0 Å². The smallest absolute Gasteiger partial charge is 0.250 e. The molecule has 1 aromatic heterocycles. The molecule has 2 saturated heterocycles. The largest absolute Gasteiger partial charge is 0.486 e. The highest BCUT2D eigenvalue weighted by atomic mass is 16.6. The zero-order valence-corrected chi connectivity index (χ0v) is 22.4. The van der Waals surface area contributed by atoms with Gasteiger partial charge in [0.2, 0.25) is 17.7 Å². The number of amides is 3. The number of imide groups is 1. The summed E-state index contributed by atoms with van der Waals surface area (Å²) in [7, 11) is 0. The summed E-state index contributed by atoms with van der Waals surface area (Å²) in [5.74, 6) is -1.60. The maximum atomic E-state index is 14.4. The van der Waals surface area contributed by atoms with Gasteiger partial charge in [0, 0.05) is 40.5 Å². The van der Waals surface area contributed by atoms with E-state index in [4.69, 9.17) is 9.47 Å². The van der Waals surface area contributed by atoms with E-state index in [0.29, 0.717) is 36.8 Å². The van der Waals surface area contributed by atoms with Gasteiger partial charge in [-0.2, -0.15) is 0 Å². The molecular weight excluding hydrogens is 520 g/mol. The number of para-hydroxylation sites is 2. The zero-order chi connectivity index (χ0) is 27.9. The molecule has 4 unspecified atom stereocenters. The van der Waals surface area contributed by atoms with Crippen molar-refractivity contribution in [1.29, 1.82) is 0 Å². The minimum Gasteiger partial charge on any atom is -0.486 e. The summed E-state index contributed by atoms with van der Waals surface area (Å²) >= 11 is 0. The number of nitrogens with zero attached hydrogens (tertiary/aromatic N) is 1. The van der Waals surface area contributed by atoms with Gasteiger partial charge in [-0.05, 0) is 42.2 Å². The van der Waals surface area contributed by atoms with Gasteiger partial charge in [0.05, 0.1) is 17.5 Å². The van der Waals surface area contributed by atoms with E-state index in [0.717, 1.165) is 39.7 Å². The highest BCUT2D eigenvalue weighted by Crippen LogP contribution is 2.55. The number of nitrogens with one attached hydrogen (secondary N) is 3. The Balaban J connectivity index is 1.27. The molecule has 3 N–H and O–H groups in total. The topological polar surface area (TPSA) is 113 Å². The lowest BCUT2D eigenvalue weighted by Gasteiger charge is -2.30. The first-order chi connectivity index (χ1) is 20.0. The standard InChI is InChI=1S/C32H28N4O5/c1-2-17-6-5-8-21-28(17)34-31(39)32(21)27-26(23(35-32)14-18-16-33-22-9-4-3-7-20(18)22)29(37)36(30(27)38)19-10-11-24-25(15-19)41-13-12-40-24/h3-11,15-16,23,26-27,33,35H,2,12-14H2,1H3,(H,34,39). The molecule has 3 amide bonds. The van der Waals surface area contributed by atoms with E-state index in [9.17, 15) is 14.4 Å². The number of hydrogen-bond acceptors (Lipinski definition) is 6. The summed E-state index contributed by atoms with van der Waals surface area (Å²) in [6.45, 7) is 2.86. The molecule has 0 aliphatic carbocycles. The Hall–Kier alpha value is -4.63. The van der Waals surface area contributed by atoms with Crippen molar-refractivity contribution in [3.8, 4) is 11.5 Å². The first-order valence-corrected chi connectivity index (χ1v) is 14.0. The molecule has 1 spiro atoms. The van der Waals surface area contributed by atoms with Crippen molar-refractivity contribution in [2.75, 3.05) is 23.4 Å². The Labute approximate surface area is 235 Å². The predicted octanol–water partition coefficient (Wildman–Crippen LogP) is 3.67. The van der Waals surface area contributed by atoms with E-state index >= 15 is 0 Å². The van der Waals surface area contributed by atoms with Crippen molar-refractivity contribution in [2.24, 2.45) is 11.8 Å². The van der Waals surface area contributed by atoms with Crippen molar-refractivity contribution < 1.29 is 23.9 Å². The first-order valence-electron chi connectivity index (χ1n) is 14.0. The number of fused-ring (bicyclic) bond motifs is 6. The number of aryl methyl sites for hydroxylation is 1. The third-order valence-electron chi connectivity index (χ3n) is 9.12. The van der Waals surface area contributed by atoms with Gasteiger partial charge in [-0.3, -0.25) is 19.7 Å². The lowest BCUT2D eigenvalue weighted by molar-refractivity contribution is -0.130. The van der Waals surface area contributed by atoms with Gasteiger partial charge in [-0.1, -0.05) is 43.3 Å². The minimum atomic E-state index is -1.36. The summed E-state index contributed by atoms with van der Waals surface area (Å²) in [6.07, 6.45) is 3.14. The van der Waals surface area contributed by atoms with Crippen LogP contribution in [0, 0.1) is 11.8 Å². The molecule has 4 atom stereocenters. The summed E-state index contributed by atoms with van der Waals surface area (Å²) in [5.41, 5.74) is 3.52. The number of carbonyl (C=O) groups excluding carboxylic acids is 3. The lowest BCUT2D eigenvalue weighted by atomic mass is 9.76. The zero-order valence-electron chi connectivity index (χ0n) is 22.4. The Bertz CT molecular complexity index is 1780. The monoisotopic (exact) mass is 548 g/mol. The van der Waals surface area contributed by atoms with Crippen molar-refractivity contribution in [2.45, 2.75) is 31.3 Å². The second-order valence-electron chi connectivity index (χ2n) is 11.1. The number of aromatic nitrogens is 1. The molecule has 0 bridgehead atoms. The van der Waals surface area contributed by atoms with Crippen LogP contribution < -0.4 is 25.0 Å². The molecule has 0 saturated carbocycles. The van der Waals surface area contributed by atoms with E-state index in [-0.39, 0.29) is 11.8 Å². The van der Waals surface area contributed by atoms with E-state index < -0.39 is 29.3 Å². The summed E-state index contributed by atoms with van der Waals surface area (Å²) in [6, 6.07) is 18.4. The van der Waals surface area contributed by atoms with Crippen LogP contribution in [-0.4, -0.2) is 42.0 Å². The van der Waals surface area contributed by atoms with Crippen LogP contribution in [0.4, 0.5) is 11.4 Å². The van der Waals surface area contributed by atoms with Crippen LogP contribution in [0.3, 0.4) is 0 Å². The van der Waals surface area contributed by atoms with Crippen LogP contribution in [0.25, 0.3) is 10.9 Å². The summed E-state index contributed by atoms with van der Waals surface area (Å²) < 4.78 is 11.4. The van der Waals surface area contributed by atoms with Crippen molar-refractivity contribution in [1.82, 2.24) is 10.3 Å². The number of H-pyrrole nitrogens is 1. The Morgan fingerprint density at radius 3 is 2.61 bits per heavy atom. The first kappa shape index (κ1) is 24.2. The fraction of sp³-hybridized carbons (Fsp3) is 0.281. The maximum absolute atomic E-state index is 14.4. The van der Waals surface area contributed by atoms with Gasteiger partial charge in [0.1, 0.15) is 18.8 Å². The number of carbonyl (C=O) groups is 3. The van der Waals surface area contributed by atoms with Crippen molar-refractivity contribution >= 4 is 40.0 Å². The number of hydrogen-bond donors (Lipinski definition) is 3. The van der Waals surface area contributed by atoms with Crippen LogP contribution in [0.5, 0.6) is 11.5 Å². The fourth-order valence-corrected chi connectivity index (χ4v) is 7.32. The molecule has 0 radical (unpaired) electrons. The molecule has 4 aliphatic rings. The normalized spacial score (nSPS) is 26.1. The molecule has 8 rings (SSSR count). The molecule has 3 aromatic carbocycles. The second kappa shape index (κ2) is 8.68. The number of ether oxygens (including phenoxy) is 2. The Kier molecular flexibility index (Phi) is 5.12. The second-order valence-corrected chi connectivity index (χ2v) is 11.1. The third kappa shape index (κ3) is 3.23. The number of anilines is 2. The number of benzene rings is 3. The molecule has 2 fully saturated rings. The molecule has 9 nitrogen and oxygen atoms in total. The molecule has 5 heterocycles. The molecule has 9 heteroatoms. The van der Waals surface area contributed by atoms with Crippen LogP contribution in [-0.2, 0) is 32.8 Å². The van der Waals surface area contributed by atoms with E-state index in [1.165, 1.54) is 4.90 Å². The molecule has 41 heavy (non-hydrogen) atoms. The van der Waals surface area contributed by atoms with Gasteiger partial charge >= 0.3 is 0 Å². The Morgan fingerprint density at radius 2 is 1.76 bits per heavy atom. The summed E-state index contributed by atoms with van der Waals surface area (Å²) in [4.78, 5) is 47.3. The average Bonchev–Trinajstić information content (AvgIpc) is 3.71. The number of rotatable bonds is 4. The van der Waals surface area contributed by atoms with Gasteiger partial charge in [-0.15, -0.1) is 0 Å². The SMILES string of the molecule is CCc1cccc2c1NC(=O)C21NC(Cc2c[nH]c3ccccc23)C2C(=O)N(c3ccc4c(c3)OCCO4)C(=O)C21. The van der Waals surface area contributed by atoms with Crippen LogP contribution in [0.2, 0.25) is 0 Å². The fourth-order valence-electron chi connectivity index (χ4n) is 7.32. The van der Waals surface area contributed by atoms with Crippen molar-refractivity contribution in [3.63, 3.8) is 0 Å². The molecular formula is C32H28N4O5. The molecule has 4 aliphatic heterocycles. The van der Waals surface area contributed by atoms with E-state index in [1.54, 1.807) is 18.2 Å². The van der Waals surface area contributed by atoms with Gasteiger partial charge in [0.15, 0.2) is 11.5 Å². The van der Waals surface area contributed by atoms with Gasteiger partial charge in [0.25, 0.3) is 0 Å². The highest BCUT2D eigenvalue weighted by molar-refractivity contribution is 6.26. The molecule has 206 valence electrons. The summed E-state index contributed by atoms with van der Waals surface area (Å²) in [5, 5.41) is 7.70. The van der Waals surface area contributed by atoms with E-state index in [1.807, 2.05) is 55.6 Å². The number of aromatic amines is 1. The van der Waals surface area contributed by atoms with Crippen LogP contribution in [0.1, 0.15) is 23.6 Å². The van der Waals surface area contributed by atoms with Crippen LogP contribution in [0.15, 0.2) is 66.9 Å². The van der Waals surface area contributed by atoms with Gasteiger partial charge < -0.3 is 19.8 Å². The van der Waals surface area contributed by atoms with Crippen molar-refractivity contribution in [3.05, 3.63) is 83.6 Å². The quantitative estimate of drug-likeness (QED) is 0.336. The Morgan fingerprint density at radius 1 is 0.927 bits per heavy atom. The van der Waals surface area contributed by atoms with Gasteiger partial charge in [-0.25, -0.2) is 4.90 Å². The maximum Gasteiger partial charge on any atom is 0.250 e. The lowest BCUT2D eigenvalue weighted by Crippen LogP contribution is -2.53. The molecule has 4 aromatic rings. The highest BCUT2D eigenvalue weighted by Gasteiger charge is 2.70. The minimum absolute atomic E-state index is 0.296. The van der Waals surface area contributed by atoms with E-state index in [2.05, 4.69) is 15.6 Å². The predicted molar refractivity (Wildman–Crippen MR) is 152 cm³/mol. The third-order valence-corrected chi connectivity index (χ3v) is 9.12. The average molecular weight is 549 g/mol.